The fourth-order valence-electron chi connectivity index (χ4n) is 1.50. The minimum Gasteiger partial charge on any atom is -0.301 e. The number of nitro groups is 1. The van der Waals surface area contributed by atoms with Crippen molar-refractivity contribution in [1.29, 1.82) is 0 Å². The highest BCUT2D eigenvalue weighted by molar-refractivity contribution is 7.13. The number of carbonyl (C=O) groups is 1. The van der Waals surface area contributed by atoms with Crippen LogP contribution in [0.3, 0.4) is 0 Å². The van der Waals surface area contributed by atoms with Crippen molar-refractivity contribution in [2.45, 2.75) is 32.2 Å². The van der Waals surface area contributed by atoms with Gasteiger partial charge in [0.1, 0.15) is 5.92 Å². The van der Waals surface area contributed by atoms with Crippen LogP contribution in [0.15, 0.2) is 5.38 Å². The monoisotopic (exact) mass is 255 g/mol. The summed E-state index contributed by atoms with van der Waals surface area (Å²) in [5, 5.41) is 15.5. The van der Waals surface area contributed by atoms with E-state index >= 15 is 0 Å². The van der Waals surface area contributed by atoms with Gasteiger partial charge in [0.15, 0.2) is 5.13 Å². The van der Waals surface area contributed by atoms with Crippen molar-refractivity contribution in [1.82, 2.24) is 4.98 Å². The van der Waals surface area contributed by atoms with Gasteiger partial charge in [-0.25, -0.2) is 4.98 Å². The number of nitrogens with zero attached hydrogens (tertiary/aromatic N) is 2. The van der Waals surface area contributed by atoms with Gasteiger partial charge in [-0.05, 0) is 5.92 Å². The normalized spacial score (nSPS) is 22.5. The molecule has 1 heterocycles. The Morgan fingerprint density at radius 1 is 1.71 bits per heavy atom. The molecule has 1 saturated carbocycles. The molecular weight excluding hydrogens is 242 g/mol. The number of aromatic nitrogens is 1. The zero-order valence-corrected chi connectivity index (χ0v) is 10.4. The first kappa shape index (κ1) is 12.0. The van der Waals surface area contributed by atoms with Crippen LogP contribution in [0.1, 0.15) is 31.9 Å². The van der Waals surface area contributed by atoms with Crippen molar-refractivity contribution >= 4 is 22.4 Å². The van der Waals surface area contributed by atoms with E-state index in [1.54, 1.807) is 0 Å². The van der Waals surface area contributed by atoms with Gasteiger partial charge in [0, 0.05) is 16.7 Å². The van der Waals surface area contributed by atoms with Gasteiger partial charge in [-0.1, -0.05) is 13.8 Å². The van der Waals surface area contributed by atoms with Gasteiger partial charge >= 0.3 is 0 Å². The molecule has 92 valence electrons. The van der Waals surface area contributed by atoms with E-state index in [2.05, 4.69) is 10.3 Å². The second-order valence-electron chi connectivity index (χ2n) is 4.42. The van der Waals surface area contributed by atoms with Crippen LogP contribution in [-0.2, 0) is 4.79 Å². The van der Waals surface area contributed by atoms with Crippen molar-refractivity contribution in [3.8, 4) is 0 Å². The average Bonchev–Trinajstić information content (AvgIpc) is 2.93. The van der Waals surface area contributed by atoms with Gasteiger partial charge in [0.25, 0.3) is 0 Å². The molecule has 0 saturated heterocycles. The van der Waals surface area contributed by atoms with E-state index < -0.39 is 16.9 Å². The maximum atomic E-state index is 11.6. The maximum absolute atomic E-state index is 11.6. The molecule has 7 heteroatoms. The summed E-state index contributed by atoms with van der Waals surface area (Å²) >= 11 is 1.35. The third kappa shape index (κ3) is 2.60. The summed E-state index contributed by atoms with van der Waals surface area (Å²) < 4.78 is 0. The van der Waals surface area contributed by atoms with Gasteiger partial charge in [-0.3, -0.25) is 14.9 Å². The van der Waals surface area contributed by atoms with Crippen molar-refractivity contribution in [2.75, 3.05) is 5.32 Å². The summed E-state index contributed by atoms with van der Waals surface area (Å²) in [5.41, 5.74) is 0.923. The molecule has 0 bridgehead atoms. The first-order chi connectivity index (χ1) is 7.99. The smallest absolute Gasteiger partial charge is 0.236 e. The summed E-state index contributed by atoms with van der Waals surface area (Å²) in [6.45, 7) is 4.04. The summed E-state index contributed by atoms with van der Waals surface area (Å²) in [6.07, 6.45) is 0.335. The van der Waals surface area contributed by atoms with Crippen LogP contribution >= 0.6 is 11.3 Å². The van der Waals surface area contributed by atoms with E-state index in [4.69, 9.17) is 0 Å². The third-order valence-electron chi connectivity index (χ3n) is 2.71. The Morgan fingerprint density at radius 3 is 2.88 bits per heavy atom. The number of nitrogens with one attached hydrogen (secondary N) is 1. The molecule has 1 aliphatic rings. The second kappa shape index (κ2) is 4.40. The molecule has 1 aromatic rings. The van der Waals surface area contributed by atoms with Gasteiger partial charge < -0.3 is 5.32 Å². The summed E-state index contributed by atoms with van der Waals surface area (Å²) in [7, 11) is 0. The summed E-state index contributed by atoms with van der Waals surface area (Å²) in [5.74, 6) is -0.475. The molecule has 0 radical (unpaired) electrons. The van der Waals surface area contributed by atoms with Crippen molar-refractivity contribution < 1.29 is 9.72 Å². The van der Waals surface area contributed by atoms with Crippen LogP contribution in [0.2, 0.25) is 0 Å². The molecule has 1 aromatic heterocycles. The number of rotatable bonds is 4. The molecule has 1 amide bonds. The van der Waals surface area contributed by atoms with Gasteiger partial charge in [-0.2, -0.15) is 0 Å². The van der Waals surface area contributed by atoms with E-state index in [-0.39, 0.29) is 5.91 Å². The molecule has 1 aliphatic carbocycles. The zero-order chi connectivity index (χ0) is 12.6. The molecule has 1 fully saturated rings. The third-order valence-corrected chi connectivity index (χ3v) is 3.48. The minimum atomic E-state index is -0.709. The second-order valence-corrected chi connectivity index (χ2v) is 5.27. The molecule has 0 aliphatic heterocycles. The quantitative estimate of drug-likeness (QED) is 0.657. The van der Waals surface area contributed by atoms with E-state index in [9.17, 15) is 14.9 Å². The van der Waals surface area contributed by atoms with Crippen molar-refractivity contribution in [2.24, 2.45) is 5.92 Å². The van der Waals surface area contributed by atoms with Gasteiger partial charge in [0.05, 0.1) is 5.69 Å². The van der Waals surface area contributed by atoms with Crippen LogP contribution in [0.25, 0.3) is 0 Å². The number of amides is 1. The van der Waals surface area contributed by atoms with Crippen LogP contribution in [-0.4, -0.2) is 21.9 Å². The van der Waals surface area contributed by atoms with Crippen molar-refractivity contribution in [3.05, 3.63) is 21.2 Å². The predicted octanol–water partition coefficient (Wildman–Crippen LogP) is 1.87. The van der Waals surface area contributed by atoms with E-state index in [1.165, 1.54) is 11.3 Å². The fourth-order valence-corrected chi connectivity index (χ4v) is 2.38. The Kier molecular flexibility index (Phi) is 3.10. The van der Waals surface area contributed by atoms with E-state index in [0.717, 1.165) is 5.69 Å². The number of anilines is 1. The van der Waals surface area contributed by atoms with Crippen LogP contribution in [0.5, 0.6) is 0 Å². The van der Waals surface area contributed by atoms with E-state index in [0.29, 0.717) is 17.5 Å². The highest BCUT2D eigenvalue weighted by atomic mass is 32.1. The standard InChI is InChI=1S/C10H13N3O3S/c1-5(2)7-4-17-10(11-7)12-9(14)6-3-8(6)13(15)16/h4-6,8H,3H2,1-2H3,(H,11,12,14)/t6-,8-/m1/s1. The van der Waals surface area contributed by atoms with E-state index in [1.807, 2.05) is 19.2 Å². The molecule has 2 rings (SSSR count). The van der Waals surface area contributed by atoms with Crippen molar-refractivity contribution in [3.63, 3.8) is 0 Å². The molecule has 17 heavy (non-hydrogen) atoms. The maximum Gasteiger partial charge on any atom is 0.236 e. The minimum absolute atomic E-state index is 0.295. The first-order valence-electron chi connectivity index (χ1n) is 5.39. The number of hydrogen-bond donors (Lipinski definition) is 1. The zero-order valence-electron chi connectivity index (χ0n) is 9.54. The molecule has 0 spiro atoms. The van der Waals surface area contributed by atoms with Crippen LogP contribution in [0.4, 0.5) is 5.13 Å². The molecule has 0 aromatic carbocycles. The fraction of sp³-hybridized carbons (Fsp3) is 0.600. The number of thiazole rings is 1. The Morgan fingerprint density at radius 2 is 2.41 bits per heavy atom. The lowest BCUT2D eigenvalue weighted by Crippen LogP contribution is -2.18. The molecule has 6 nitrogen and oxygen atoms in total. The van der Waals surface area contributed by atoms with Crippen LogP contribution in [0, 0.1) is 16.0 Å². The predicted molar refractivity (Wildman–Crippen MR) is 63.7 cm³/mol. The molecule has 0 unspecified atom stereocenters. The first-order valence-corrected chi connectivity index (χ1v) is 6.26. The Balaban J connectivity index is 1.93. The summed E-state index contributed by atoms with van der Waals surface area (Å²) in [6, 6.07) is -0.709. The Bertz CT molecular complexity index is 457. The topological polar surface area (TPSA) is 85.1 Å². The average molecular weight is 255 g/mol. The molecule has 2 atom stereocenters. The van der Waals surface area contributed by atoms with Crippen LogP contribution < -0.4 is 5.32 Å². The van der Waals surface area contributed by atoms with Gasteiger partial charge in [-0.15, -0.1) is 11.3 Å². The van der Waals surface area contributed by atoms with Gasteiger partial charge in [0.2, 0.25) is 11.9 Å². The highest BCUT2D eigenvalue weighted by Gasteiger charge is 2.53. The Hall–Kier alpha value is -1.50. The highest BCUT2D eigenvalue weighted by Crippen LogP contribution is 2.34. The lowest BCUT2D eigenvalue weighted by Gasteiger charge is -1.99. The molecular formula is C10H13N3O3S. The number of hydrogen-bond acceptors (Lipinski definition) is 5. The largest absolute Gasteiger partial charge is 0.301 e. The Labute approximate surface area is 102 Å². The number of carbonyl (C=O) groups excluding carboxylic acids is 1. The summed E-state index contributed by atoms with van der Waals surface area (Å²) in [4.78, 5) is 25.9. The lowest BCUT2D eigenvalue weighted by atomic mass is 10.2. The SMILES string of the molecule is CC(C)c1csc(NC(=O)[C@@H]2C[C@H]2[N+](=O)[O-])n1. The lowest BCUT2D eigenvalue weighted by molar-refractivity contribution is -0.497. The molecule has 1 N–H and O–H groups in total.